The van der Waals surface area contributed by atoms with Crippen molar-refractivity contribution in [1.82, 2.24) is 14.9 Å². The van der Waals surface area contributed by atoms with E-state index in [2.05, 4.69) is 15.3 Å². The molecule has 0 atom stereocenters. The fourth-order valence-corrected chi connectivity index (χ4v) is 1.79. The van der Waals surface area contributed by atoms with E-state index in [0.717, 1.165) is 17.1 Å². The maximum Gasteiger partial charge on any atom is 0.216 e. The number of aromatic amines is 1. The molecule has 100 valence electrons. The SMILES string of the molecule is COc1ccc(C=Nn2c(C(C)C)n[nH]c2=S)cc1. The van der Waals surface area contributed by atoms with Crippen molar-refractivity contribution in [3.05, 3.63) is 40.4 Å². The molecule has 0 fully saturated rings. The number of benzene rings is 1. The Kier molecular flexibility index (Phi) is 4.11. The predicted molar refractivity (Wildman–Crippen MR) is 77.5 cm³/mol. The molecule has 0 amide bonds. The van der Waals surface area contributed by atoms with Crippen molar-refractivity contribution < 1.29 is 4.74 Å². The second-order valence-electron chi connectivity index (χ2n) is 4.37. The first-order valence-corrected chi connectivity index (χ1v) is 6.38. The van der Waals surface area contributed by atoms with Crippen LogP contribution in [0.1, 0.15) is 31.2 Å². The molecule has 5 nitrogen and oxygen atoms in total. The highest BCUT2D eigenvalue weighted by Gasteiger charge is 2.08. The predicted octanol–water partition coefficient (Wildman–Crippen LogP) is 2.95. The van der Waals surface area contributed by atoms with Gasteiger partial charge in [-0.1, -0.05) is 13.8 Å². The summed E-state index contributed by atoms with van der Waals surface area (Å²) < 4.78 is 7.24. The largest absolute Gasteiger partial charge is 0.497 e. The smallest absolute Gasteiger partial charge is 0.216 e. The second kappa shape index (κ2) is 5.79. The zero-order valence-corrected chi connectivity index (χ0v) is 11.9. The molecule has 0 radical (unpaired) electrons. The van der Waals surface area contributed by atoms with Gasteiger partial charge in [-0.2, -0.15) is 14.9 Å². The molecule has 1 aromatic heterocycles. The van der Waals surface area contributed by atoms with Crippen LogP contribution in [0.5, 0.6) is 5.75 Å². The third-order valence-electron chi connectivity index (χ3n) is 2.63. The Bertz CT molecular complexity index is 625. The lowest BCUT2D eigenvalue weighted by Gasteiger charge is -2.03. The molecule has 0 bridgehead atoms. The maximum atomic E-state index is 5.16. The highest BCUT2D eigenvalue weighted by atomic mass is 32.1. The fraction of sp³-hybridized carbons (Fsp3) is 0.308. The molecule has 6 heteroatoms. The summed E-state index contributed by atoms with van der Waals surface area (Å²) in [6.07, 6.45) is 1.75. The van der Waals surface area contributed by atoms with E-state index in [1.165, 1.54) is 0 Å². The van der Waals surface area contributed by atoms with Crippen molar-refractivity contribution in [2.24, 2.45) is 5.10 Å². The van der Waals surface area contributed by atoms with Crippen molar-refractivity contribution in [1.29, 1.82) is 0 Å². The molecule has 0 spiro atoms. The first kappa shape index (κ1) is 13.5. The van der Waals surface area contributed by atoms with Crippen molar-refractivity contribution in [3.63, 3.8) is 0 Å². The van der Waals surface area contributed by atoms with E-state index < -0.39 is 0 Å². The summed E-state index contributed by atoms with van der Waals surface area (Å²) >= 11 is 5.16. The molecule has 19 heavy (non-hydrogen) atoms. The highest BCUT2D eigenvalue weighted by molar-refractivity contribution is 7.71. The van der Waals surface area contributed by atoms with Crippen molar-refractivity contribution >= 4 is 18.4 Å². The molecule has 1 aromatic carbocycles. The van der Waals surface area contributed by atoms with Gasteiger partial charge in [0.15, 0.2) is 5.82 Å². The van der Waals surface area contributed by atoms with E-state index in [0.29, 0.717) is 4.77 Å². The number of hydrogen-bond acceptors (Lipinski definition) is 4. The number of methoxy groups -OCH3 is 1. The Morgan fingerprint density at radius 3 is 2.63 bits per heavy atom. The zero-order chi connectivity index (χ0) is 13.8. The Hall–Kier alpha value is -1.95. The van der Waals surface area contributed by atoms with Gasteiger partial charge in [0.05, 0.1) is 13.3 Å². The van der Waals surface area contributed by atoms with Gasteiger partial charge in [-0.05, 0) is 42.0 Å². The summed E-state index contributed by atoms with van der Waals surface area (Å²) in [5, 5.41) is 11.3. The van der Waals surface area contributed by atoms with Gasteiger partial charge in [0.1, 0.15) is 5.75 Å². The molecule has 0 aliphatic carbocycles. The average Bonchev–Trinajstić information content (AvgIpc) is 2.78. The van der Waals surface area contributed by atoms with Crippen LogP contribution >= 0.6 is 12.2 Å². The first-order valence-electron chi connectivity index (χ1n) is 5.97. The Morgan fingerprint density at radius 1 is 1.37 bits per heavy atom. The van der Waals surface area contributed by atoms with E-state index in [1.807, 2.05) is 38.1 Å². The molecule has 0 aliphatic heterocycles. The number of ether oxygens (including phenoxy) is 1. The zero-order valence-electron chi connectivity index (χ0n) is 11.1. The van der Waals surface area contributed by atoms with Crippen LogP contribution in [0.15, 0.2) is 29.4 Å². The summed E-state index contributed by atoms with van der Waals surface area (Å²) in [5.41, 5.74) is 0.971. The molecule has 0 saturated carbocycles. The normalized spacial score (nSPS) is 11.4. The lowest BCUT2D eigenvalue weighted by molar-refractivity contribution is 0.415. The number of H-pyrrole nitrogens is 1. The molecule has 1 heterocycles. The van der Waals surface area contributed by atoms with Crippen molar-refractivity contribution in [2.45, 2.75) is 19.8 Å². The van der Waals surface area contributed by atoms with Crippen LogP contribution in [0.2, 0.25) is 0 Å². The molecule has 1 N–H and O–H groups in total. The quantitative estimate of drug-likeness (QED) is 0.690. The highest BCUT2D eigenvalue weighted by Crippen LogP contribution is 2.12. The molecule has 2 aromatic rings. The minimum atomic E-state index is 0.251. The van der Waals surface area contributed by atoms with Crippen molar-refractivity contribution in [3.8, 4) is 5.75 Å². The summed E-state index contributed by atoms with van der Waals surface area (Å²) in [6.45, 7) is 4.09. The minimum Gasteiger partial charge on any atom is -0.497 e. The summed E-state index contributed by atoms with van der Waals surface area (Å²) in [5.74, 6) is 1.88. The van der Waals surface area contributed by atoms with E-state index in [1.54, 1.807) is 18.0 Å². The van der Waals surface area contributed by atoms with Crippen LogP contribution in [0.4, 0.5) is 0 Å². The molecule has 0 unspecified atom stereocenters. The third-order valence-corrected chi connectivity index (χ3v) is 2.89. The Labute approximate surface area is 116 Å². The molecular weight excluding hydrogens is 260 g/mol. The molecule has 0 saturated heterocycles. The van der Waals surface area contributed by atoms with Gasteiger partial charge in [-0.3, -0.25) is 5.10 Å². The number of aromatic nitrogens is 3. The fourth-order valence-electron chi connectivity index (χ4n) is 1.60. The topological polar surface area (TPSA) is 55.2 Å². The maximum absolute atomic E-state index is 5.16. The van der Waals surface area contributed by atoms with Crippen LogP contribution in [-0.4, -0.2) is 28.2 Å². The van der Waals surface area contributed by atoms with Crippen LogP contribution in [0.25, 0.3) is 0 Å². The number of nitrogens with one attached hydrogen (secondary N) is 1. The number of rotatable bonds is 4. The van der Waals surface area contributed by atoms with Gasteiger partial charge in [-0.15, -0.1) is 0 Å². The molecule has 0 aliphatic rings. The van der Waals surface area contributed by atoms with Crippen LogP contribution in [0, 0.1) is 4.77 Å². The third kappa shape index (κ3) is 3.08. The minimum absolute atomic E-state index is 0.251. The van der Waals surface area contributed by atoms with Gasteiger partial charge >= 0.3 is 0 Å². The van der Waals surface area contributed by atoms with E-state index >= 15 is 0 Å². The monoisotopic (exact) mass is 276 g/mol. The second-order valence-corrected chi connectivity index (χ2v) is 4.76. The van der Waals surface area contributed by atoms with Crippen LogP contribution in [0.3, 0.4) is 0 Å². The Morgan fingerprint density at radius 2 is 2.05 bits per heavy atom. The molecular formula is C13H16N4OS. The number of nitrogens with zero attached hydrogens (tertiary/aromatic N) is 3. The summed E-state index contributed by atoms with van der Waals surface area (Å²) in [7, 11) is 1.64. The summed E-state index contributed by atoms with van der Waals surface area (Å²) in [4.78, 5) is 0. The Balaban J connectivity index is 2.27. The van der Waals surface area contributed by atoms with Crippen LogP contribution in [-0.2, 0) is 0 Å². The van der Waals surface area contributed by atoms with Gasteiger partial charge in [0.2, 0.25) is 4.77 Å². The van der Waals surface area contributed by atoms with E-state index in [4.69, 9.17) is 17.0 Å². The summed E-state index contributed by atoms with van der Waals surface area (Å²) in [6, 6.07) is 7.64. The van der Waals surface area contributed by atoms with E-state index in [-0.39, 0.29) is 5.92 Å². The first-order chi connectivity index (χ1) is 9.11. The van der Waals surface area contributed by atoms with Gasteiger partial charge in [-0.25, -0.2) is 0 Å². The van der Waals surface area contributed by atoms with Crippen LogP contribution < -0.4 is 4.74 Å². The average molecular weight is 276 g/mol. The molecule has 2 rings (SSSR count). The van der Waals surface area contributed by atoms with Crippen molar-refractivity contribution in [2.75, 3.05) is 7.11 Å². The lowest BCUT2D eigenvalue weighted by atomic mass is 10.2. The van der Waals surface area contributed by atoms with Gasteiger partial charge in [0.25, 0.3) is 0 Å². The standard InChI is InChI=1S/C13H16N4OS/c1-9(2)12-15-16-13(19)17(12)14-8-10-4-6-11(18-3)7-5-10/h4-9H,1-3H3,(H,16,19). The number of hydrogen-bond donors (Lipinski definition) is 1. The van der Waals surface area contributed by atoms with Gasteiger partial charge in [0, 0.05) is 5.92 Å². The van der Waals surface area contributed by atoms with E-state index in [9.17, 15) is 0 Å². The lowest BCUT2D eigenvalue weighted by Crippen LogP contribution is -2.00. The van der Waals surface area contributed by atoms with Gasteiger partial charge < -0.3 is 4.74 Å².